The van der Waals surface area contributed by atoms with Gasteiger partial charge in [-0.05, 0) is 28.4 Å². The van der Waals surface area contributed by atoms with Crippen molar-refractivity contribution in [3.63, 3.8) is 0 Å². The summed E-state index contributed by atoms with van der Waals surface area (Å²) in [5, 5.41) is 0. The molecule has 0 N–H and O–H groups in total. The van der Waals surface area contributed by atoms with Crippen molar-refractivity contribution in [2.45, 2.75) is 111 Å². The monoisotopic (exact) mass is 870 g/mol. The Labute approximate surface area is 331 Å². The fourth-order valence-corrected chi connectivity index (χ4v) is 7.15. The summed E-state index contributed by atoms with van der Waals surface area (Å²) in [5.41, 5.74) is 14.4. The molecule has 0 unspecified atom stereocenters. The van der Waals surface area contributed by atoms with E-state index in [1.165, 1.54) is 97.4 Å². The first-order valence-electron chi connectivity index (χ1n) is 18.0. The fraction of sp³-hybridized carbons (Fsp3) is 0.362. The zero-order valence-corrected chi connectivity index (χ0v) is 36.7. The number of hydrogen-bond donors (Lipinski definition) is 0. The van der Waals surface area contributed by atoms with Crippen molar-refractivity contribution in [2.75, 3.05) is 0 Å². The van der Waals surface area contributed by atoms with Gasteiger partial charge in [0.1, 0.15) is 0 Å². The largest absolute Gasteiger partial charge is 1.00 e. The van der Waals surface area contributed by atoms with Gasteiger partial charge in [-0.1, -0.05) is 65.3 Å². The van der Waals surface area contributed by atoms with Gasteiger partial charge in [-0.3, -0.25) is 0 Å². The molecule has 264 valence electrons. The predicted octanol–water partition coefficient (Wildman–Crippen LogP) is 6.55. The molecule has 6 rings (SSSR count). The molecule has 1 aliphatic rings. The number of unbranched alkanes of at least 4 members (excludes halogenated alkanes) is 2. The summed E-state index contributed by atoms with van der Waals surface area (Å²) in [6, 6.07) is 43.6. The van der Waals surface area contributed by atoms with E-state index in [0.717, 1.165) is 30.3 Å². The van der Waals surface area contributed by atoms with E-state index in [9.17, 15) is 0 Å². The van der Waals surface area contributed by atoms with Crippen molar-refractivity contribution < 1.29 is 48.7 Å². The van der Waals surface area contributed by atoms with Crippen LogP contribution in [0.25, 0.3) is 11.1 Å². The molecule has 0 fully saturated rings. The second-order valence-electron chi connectivity index (χ2n) is 15.3. The Morgan fingerprint density at radius 2 is 1.16 bits per heavy atom. The van der Waals surface area contributed by atoms with Gasteiger partial charge >= 0.3 is 150 Å². The van der Waals surface area contributed by atoms with Gasteiger partial charge in [-0.2, -0.15) is 42.0 Å². The third kappa shape index (κ3) is 12.6. The number of halogens is 2. The minimum absolute atomic E-state index is 0. The molecule has 0 bridgehead atoms. The normalized spacial score (nSPS) is 11.4. The van der Waals surface area contributed by atoms with E-state index in [2.05, 4.69) is 140 Å². The second kappa shape index (κ2) is 20.6. The van der Waals surface area contributed by atoms with Gasteiger partial charge in [0.05, 0.1) is 0 Å². The quantitative estimate of drug-likeness (QED) is 0.120. The Hall–Kier alpha value is -2.45. The first-order chi connectivity index (χ1) is 22.9. The van der Waals surface area contributed by atoms with Crippen molar-refractivity contribution in [2.24, 2.45) is 0 Å². The predicted molar refractivity (Wildman–Crippen MR) is 206 cm³/mol. The number of hydrogen-bond acceptors (Lipinski definition) is 0. The van der Waals surface area contributed by atoms with E-state index in [-0.39, 0.29) is 35.6 Å². The average molecular weight is 870 g/mol. The van der Waals surface area contributed by atoms with Crippen LogP contribution in [0.5, 0.6) is 0 Å². The Kier molecular flexibility index (Phi) is 18.0. The second-order valence-corrected chi connectivity index (χ2v) is 17.0. The third-order valence-corrected chi connectivity index (χ3v) is 11.2. The van der Waals surface area contributed by atoms with E-state index >= 15 is 0 Å². The summed E-state index contributed by atoms with van der Waals surface area (Å²) < 4.78 is 1.50. The van der Waals surface area contributed by atoms with Crippen molar-refractivity contribution in [3.8, 4) is 11.1 Å². The average Bonchev–Trinajstić information content (AvgIpc) is 3.78. The summed E-state index contributed by atoms with van der Waals surface area (Å²) in [4.78, 5) is 0. The third-order valence-electron chi connectivity index (χ3n) is 9.14. The van der Waals surface area contributed by atoms with Crippen LogP contribution in [0.2, 0.25) is 0 Å². The molecule has 50 heavy (non-hydrogen) atoms. The molecule has 0 aliphatic heterocycles. The van der Waals surface area contributed by atoms with Crippen LogP contribution in [-0.4, -0.2) is 3.26 Å². The topological polar surface area (TPSA) is 0 Å². The van der Waals surface area contributed by atoms with Crippen LogP contribution in [0.1, 0.15) is 126 Å². The molecule has 0 radical (unpaired) electrons. The SMILES string of the molecule is CC(C)(C)c1[c-]c2c(cc1)-c1ccc(C(C)(C)C)cc1C2.CCCCc1ccc([C](=[Hf+2])c2ccc(CCCC)cc2)cc1.[Cl-].[Cl-].c1cc[cH-]c1. The van der Waals surface area contributed by atoms with Gasteiger partial charge in [0.15, 0.2) is 0 Å². The van der Waals surface area contributed by atoms with Crippen molar-refractivity contribution in [3.05, 3.63) is 160 Å². The summed E-state index contributed by atoms with van der Waals surface area (Å²) in [6.45, 7) is 18.1. The molecule has 5 aromatic carbocycles. The van der Waals surface area contributed by atoms with Crippen LogP contribution in [-0.2, 0) is 54.0 Å². The summed E-state index contributed by atoms with van der Waals surface area (Å²) in [7, 11) is 0. The van der Waals surface area contributed by atoms with Gasteiger partial charge in [-0.15, -0.1) is 11.1 Å². The number of rotatable bonds is 8. The van der Waals surface area contributed by atoms with Crippen LogP contribution < -0.4 is 24.8 Å². The molecule has 0 aromatic heterocycles. The molecular formula is C47H56Cl2Hf-2. The van der Waals surface area contributed by atoms with Crippen LogP contribution in [0.15, 0.2) is 109 Å². The molecule has 3 heteroatoms. The molecule has 0 nitrogen and oxygen atoms in total. The molecule has 0 amide bonds. The van der Waals surface area contributed by atoms with Crippen molar-refractivity contribution >= 4 is 3.26 Å². The first kappa shape index (κ1) is 43.7. The molecule has 5 aromatic rings. The van der Waals surface area contributed by atoms with E-state index < -0.39 is 0 Å². The van der Waals surface area contributed by atoms with Gasteiger partial charge < -0.3 is 24.8 Å². The Balaban J connectivity index is 0.000000293. The Morgan fingerprint density at radius 3 is 1.58 bits per heavy atom. The van der Waals surface area contributed by atoms with Crippen LogP contribution >= 0.6 is 0 Å². The van der Waals surface area contributed by atoms with E-state index in [1.54, 1.807) is 0 Å². The number of benzene rings is 4. The minimum atomic E-state index is 0. The first-order valence-corrected chi connectivity index (χ1v) is 19.8. The maximum absolute atomic E-state index is 3.67. The zero-order chi connectivity index (χ0) is 34.7. The van der Waals surface area contributed by atoms with E-state index in [4.69, 9.17) is 0 Å². The van der Waals surface area contributed by atoms with Crippen LogP contribution in [0.4, 0.5) is 0 Å². The molecule has 0 atom stereocenters. The molecular weight excluding hydrogens is 814 g/mol. The molecule has 1 aliphatic carbocycles. The Morgan fingerprint density at radius 1 is 0.660 bits per heavy atom. The standard InChI is InChI=1S/C21H25.C21H26.C5H5.2ClH.Hf/c1-20(2,3)16-7-9-18-14(12-16)11-15-13-17(21(4,5)6)8-10-19(15)18;1-3-5-7-18-9-13-20(14-10-18)17-21-15-11-19(12-16-21)8-6-4-2;1-2-4-5-3-1;;;/h7-10,12H,11H2,1-6H3;9-16H,3-8H2,1-2H3;1-5H;2*1H;/q-1;;-1;;;+2/p-2. The fourth-order valence-electron chi connectivity index (χ4n) is 5.95. The summed E-state index contributed by atoms with van der Waals surface area (Å²) >= 11 is 1.08. The maximum Gasteiger partial charge on any atom is -0.172 e. The smallest absolute Gasteiger partial charge is 0.172 e. The van der Waals surface area contributed by atoms with E-state index in [0.29, 0.717) is 0 Å². The molecule has 0 spiro atoms. The van der Waals surface area contributed by atoms with Gasteiger partial charge in [0.2, 0.25) is 0 Å². The van der Waals surface area contributed by atoms with Gasteiger partial charge in [-0.25, -0.2) is 12.1 Å². The molecule has 0 saturated carbocycles. The van der Waals surface area contributed by atoms with Crippen LogP contribution in [0, 0.1) is 6.07 Å². The van der Waals surface area contributed by atoms with Crippen LogP contribution in [0.3, 0.4) is 0 Å². The summed E-state index contributed by atoms with van der Waals surface area (Å²) in [5.74, 6) is 0. The Bertz CT molecular complexity index is 1580. The van der Waals surface area contributed by atoms with Crippen molar-refractivity contribution in [1.82, 2.24) is 0 Å². The van der Waals surface area contributed by atoms with E-state index in [1.807, 2.05) is 30.3 Å². The van der Waals surface area contributed by atoms with Gasteiger partial charge in [0.25, 0.3) is 0 Å². The minimum Gasteiger partial charge on any atom is -1.00 e. The molecule has 0 heterocycles. The maximum atomic E-state index is 3.67. The number of aryl methyl sites for hydroxylation is 2. The number of fused-ring (bicyclic) bond motifs is 3. The zero-order valence-electron chi connectivity index (χ0n) is 31.6. The molecule has 0 saturated heterocycles. The van der Waals surface area contributed by atoms with Gasteiger partial charge in [0, 0.05) is 0 Å². The van der Waals surface area contributed by atoms with Crippen molar-refractivity contribution in [1.29, 1.82) is 0 Å². The summed E-state index contributed by atoms with van der Waals surface area (Å²) in [6.07, 6.45) is 8.55.